The first-order valence-electron chi connectivity index (χ1n) is 6.57. The van der Waals surface area contributed by atoms with Gasteiger partial charge in [0, 0.05) is 12.6 Å². The van der Waals surface area contributed by atoms with Crippen LogP contribution in [0.3, 0.4) is 0 Å². The van der Waals surface area contributed by atoms with Crippen LogP contribution < -0.4 is 0 Å². The van der Waals surface area contributed by atoms with Gasteiger partial charge in [-0.3, -0.25) is 4.79 Å². The number of nitrogens with zero attached hydrogens (tertiary/aromatic N) is 1. The molecule has 0 aromatic rings. The van der Waals surface area contributed by atoms with Crippen LogP contribution >= 0.6 is 0 Å². The average molecular weight is 225 g/mol. The summed E-state index contributed by atoms with van der Waals surface area (Å²) < 4.78 is 0. The highest BCUT2D eigenvalue weighted by Gasteiger charge is 2.38. The van der Waals surface area contributed by atoms with Crippen LogP contribution in [0.1, 0.15) is 46.0 Å². The van der Waals surface area contributed by atoms with E-state index in [4.69, 9.17) is 0 Å². The molecule has 3 atom stereocenters. The molecule has 1 aliphatic carbocycles. The minimum absolute atomic E-state index is 0.157. The molecule has 1 amide bonds. The highest BCUT2D eigenvalue weighted by atomic mass is 16.3. The van der Waals surface area contributed by atoms with Gasteiger partial charge in [0.25, 0.3) is 0 Å². The molecule has 0 spiro atoms. The summed E-state index contributed by atoms with van der Waals surface area (Å²) >= 11 is 0. The number of rotatable bonds is 2. The number of carbonyl (C=O) groups excluding carboxylic acids is 1. The lowest BCUT2D eigenvalue weighted by molar-refractivity contribution is -0.131. The maximum atomic E-state index is 11.8. The van der Waals surface area contributed by atoms with Crippen LogP contribution in [0.4, 0.5) is 0 Å². The number of hydrogen-bond donors (Lipinski definition) is 1. The van der Waals surface area contributed by atoms with Crippen molar-refractivity contribution < 1.29 is 9.90 Å². The Morgan fingerprint density at radius 3 is 2.56 bits per heavy atom. The normalized spacial score (nSPS) is 36.1. The fourth-order valence-electron chi connectivity index (χ4n) is 3.34. The van der Waals surface area contributed by atoms with E-state index in [1.54, 1.807) is 0 Å². The van der Waals surface area contributed by atoms with Gasteiger partial charge >= 0.3 is 0 Å². The van der Waals surface area contributed by atoms with Crippen LogP contribution in [-0.4, -0.2) is 34.6 Å². The Morgan fingerprint density at radius 1 is 1.31 bits per heavy atom. The second-order valence-electron chi connectivity index (χ2n) is 5.66. The molecular weight excluding hydrogens is 202 g/mol. The maximum absolute atomic E-state index is 11.8. The molecule has 3 unspecified atom stereocenters. The lowest BCUT2D eigenvalue weighted by Crippen LogP contribution is -2.45. The summed E-state index contributed by atoms with van der Waals surface area (Å²) in [6.45, 7) is 5.06. The predicted molar refractivity (Wildman–Crippen MR) is 62.9 cm³/mol. The molecule has 2 fully saturated rings. The molecule has 16 heavy (non-hydrogen) atoms. The summed E-state index contributed by atoms with van der Waals surface area (Å²) in [5, 5.41) is 9.56. The van der Waals surface area contributed by atoms with Crippen molar-refractivity contribution in [3.63, 3.8) is 0 Å². The third-order valence-corrected chi connectivity index (χ3v) is 4.18. The number of aliphatic hydroxyl groups excluding tert-OH is 1. The topological polar surface area (TPSA) is 40.5 Å². The third kappa shape index (κ3) is 2.24. The summed E-state index contributed by atoms with van der Waals surface area (Å²) in [6.07, 6.45) is 4.80. The zero-order valence-electron chi connectivity index (χ0n) is 10.4. The largest absolute Gasteiger partial charge is 0.391 e. The molecule has 1 saturated carbocycles. The van der Waals surface area contributed by atoms with E-state index in [9.17, 15) is 9.90 Å². The summed E-state index contributed by atoms with van der Waals surface area (Å²) in [5.74, 6) is 1.42. The summed E-state index contributed by atoms with van der Waals surface area (Å²) in [5.41, 5.74) is 0. The second-order valence-corrected chi connectivity index (χ2v) is 5.66. The Kier molecular flexibility index (Phi) is 3.53. The lowest BCUT2D eigenvalue weighted by Gasteiger charge is -2.40. The van der Waals surface area contributed by atoms with Crippen LogP contribution in [0.15, 0.2) is 0 Å². The van der Waals surface area contributed by atoms with Gasteiger partial charge in [-0.05, 0) is 24.7 Å². The van der Waals surface area contributed by atoms with E-state index in [2.05, 4.69) is 13.8 Å². The maximum Gasteiger partial charge on any atom is 0.225 e. The van der Waals surface area contributed by atoms with Crippen molar-refractivity contribution >= 4 is 5.91 Å². The number of amides is 1. The number of carbonyl (C=O) groups is 1. The lowest BCUT2D eigenvalue weighted by atomic mass is 9.77. The third-order valence-electron chi connectivity index (χ3n) is 4.18. The molecule has 1 N–H and O–H groups in total. The van der Waals surface area contributed by atoms with Gasteiger partial charge in [0.2, 0.25) is 5.91 Å². The number of β-amino-alcohol motifs (C(OH)–C–C–N with tert-alkyl or cyclic N) is 1. The van der Waals surface area contributed by atoms with Gasteiger partial charge in [0.1, 0.15) is 0 Å². The minimum Gasteiger partial charge on any atom is -0.391 e. The zero-order valence-corrected chi connectivity index (χ0v) is 10.4. The molecule has 92 valence electrons. The Balaban J connectivity index is 2.08. The van der Waals surface area contributed by atoms with E-state index in [0.717, 1.165) is 6.42 Å². The first kappa shape index (κ1) is 11.9. The molecule has 0 aromatic carbocycles. The van der Waals surface area contributed by atoms with E-state index in [1.807, 2.05) is 4.90 Å². The van der Waals surface area contributed by atoms with Gasteiger partial charge in [-0.25, -0.2) is 0 Å². The number of likely N-dealkylation sites (tertiary alicyclic amines) is 1. The van der Waals surface area contributed by atoms with Crippen molar-refractivity contribution in [3.05, 3.63) is 0 Å². The number of aliphatic hydroxyl groups is 1. The average Bonchev–Trinajstić information content (AvgIpc) is 2.57. The first-order chi connectivity index (χ1) is 7.59. The molecule has 1 aliphatic heterocycles. The summed E-state index contributed by atoms with van der Waals surface area (Å²) in [4.78, 5) is 13.8. The first-order valence-corrected chi connectivity index (χ1v) is 6.57. The van der Waals surface area contributed by atoms with Crippen LogP contribution in [0, 0.1) is 11.8 Å². The molecule has 2 aliphatic rings. The summed E-state index contributed by atoms with van der Waals surface area (Å²) in [6, 6.07) is 0.387. The molecular formula is C13H23NO2. The molecule has 0 radical (unpaired) electrons. The highest BCUT2D eigenvalue weighted by Crippen LogP contribution is 2.35. The fraction of sp³-hybridized carbons (Fsp3) is 0.923. The Hall–Kier alpha value is -0.570. The molecule has 3 nitrogen and oxygen atoms in total. The molecule has 0 aromatic heterocycles. The van der Waals surface area contributed by atoms with Crippen LogP contribution in [0.5, 0.6) is 0 Å². The predicted octanol–water partition coefficient (Wildman–Crippen LogP) is 1.79. The summed E-state index contributed by atoms with van der Waals surface area (Å²) in [7, 11) is 0. The Bertz CT molecular complexity index is 265. The van der Waals surface area contributed by atoms with E-state index in [-0.39, 0.29) is 5.91 Å². The SMILES string of the molecule is CC(C)C1CCCCC1N1CC(O)CC1=O. The van der Waals surface area contributed by atoms with E-state index in [0.29, 0.717) is 30.8 Å². The van der Waals surface area contributed by atoms with Crippen molar-refractivity contribution in [2.24, 2.45) is 11.8 Å². The number of hydrogen-bond acceptors (Lipinski definition) is 2. The van der Waals surface area contributed by atoms with Crippen LogP contribution in [-0.2, 0) is 4.79 Å². The van der Waals surface area contributed by atoms with Crippen LogP contribution in [0.2, 0.25) is 0 Å². The van der Waals surface area contributed by atoms with Crippen molar-refractivity contribution in [1.82, 2.24) is 4.90 Å². The monoisotopic (exact) mass is 225 g/mol. The molecule has 2 rings (SSSR count). The molecule has 1 heterocycles. The quantitative estimate of drug-likeness (QED) is 0.778. The van der Waals surface area contributed by atoms with Gasteiger partial charge in [-0.1, -0.05) is 26.7 Å². The van der Waals surface area contributed by atoms with Gasteiger partial charge in [-0.2, -0.15) is 0 Å². The van der Waals surface area contributed by atoms with E-state index in [1.165, 1.54) is 19.3 Å². The smallest absolute Gasteiger partial charge is 0.225 e. The van der Waals surface area contributed by atoms with E-state index >= 15 is 0 Å². The molecule has 1 saturated heterocycles. The highest BCUT2D eigenvalue weighted by molar-refractivity contribution is 5.79. The Labute approximate surface area is 97.8 Å². The van der Waals surface area contributed by atoms with Crippen molar-refractivity contribution in [1.29, 1.82) is 0 Å². The van der Waals surface area contributed by atoms with Gasteiger partial charge in [-0.15, -0.1) is 0 Å². The zero-order chi connectivity index (χ0) is 11.7. The standard InChI is InChI=1S/C13H23NO2/c1-9(2)11-5-3-4-6-12(11)14-8-10(15)7-13(14)16/h9-12,15H,3-8H2,1-2H3. The minimum atomic E-state index is -0.428. The molecule has 0 bridgehead atoms. The van der Waals surface area contributed by atoms with Crippen LogP contribution in [0.25, 0.3) is 0 Å². The van der Waals surface area contributed by atoms with Crippen molar-refractivity contribution in [2.45, 2.75) is 58.1 Å². The fourth-order valence-corrected chi connectivity index (χ4v) is 3.34. The van der Waals surface area contributed by atoms with Gasteiger partial charge < -0.3 is 10.0 Å². The van der Waals surface area contributed by atoms with Gasteiger partial charge in [0.05, 0.1) is 12.5 Å². The van der Waals surface area contributed by atoms with E-state index < -0.39 is 6.10 Å². The van der Waals surface area contributed by atoms with Crippen molar-refractivity contribution in [3.8, 4) is 0 Å². The Morgan fingerprint density at radius 2 is 2.00 bits per heavy atom. The second kappa shape index (κ2) is 4.74. The van der Waals surface area contributed by atoms with Crippen molar-refractivity contribution in [2.75, 3.05) is 6.54 Å². The van der Waals surface area contributed by atoms with Gasteiger partial charge in [0.15, 0.2) is 0 Å². The molecule has 3 heteroatoms.